The Labute approximate surface area is 116 Å². The number of fused-ring (bicyclic) bond motifs is 1. The number of benzene rings is 1. The van der Waals surface area contributed by atoms with Crippen LogP contribution in [-0.4, -0.2) is 25.4 Å². The summed E-state index contributed by atoms with van der Waals surface area (Å²) in [6, 6.07) is 3.42. The second-order valence-corrected chi connectivity index (χ2v) is 5.07. The van der Waals surface area contributed by atoms with Gasteiger partial charge in [-0.3, -0.25) is 9.59 Å². The lowest BCUT2D eigenvalue weighted by atomic mass is 10.1. The van der Waals surface area contributed by atoms with Gasteiger partial charge < -0.3 is 16.0 Å². The topological polar surface area (TPSA) is 70.2 Å². The molecule has 1 aliphatic rings. The molecule has 1 heterocycles. The number of hydrogen-bond acceptors (Lipinski definition) is 3. The predicted octanol–water partition coefficient (Wildman–Crippen LogP) is 1.63. The van der Waals surface area contributed by atoms with Crippen molar-refractivity contribution in [2.24, 2.45) is 5.92 Å². The minimum atomic E-state index is -0.158. The van der Waals surface area contributed by atoms with E-state index in [0.29, 0.717) is 23.7 Å². The van der Waals surface area contributed by atoms with Crippen LogP contribution in [0.5, 0.6) is 0 Å². The summed E-state index contributed by atoms with van der Waals surface area (Å²) in [7, 11) is 1.80. The summed E-state index contributed by atoms with van der Waals surface area (Å²) >= 11 is 6.10. The lowest BCUT2D eigenvalue weighted by Gasteiger charge is -2.13. The highest BCUT2D eigenvalue weighted by Crippen LogP contribution is 2.32. The standard InChI is InChI=1S/C13H16ClN3O2/c1-7(6-15-2)13(19)17-11-3-8-4-12(18)16-10(8)5-9(11)14/h3,5,7,15H,4,6H2,1-2H3,(H,16,18)(H,17,19). The molecule has 6 heteroatoms. The molecule has 0 saturated heterocycles. The molecule has 5 nitrogen and oxygen atoms in total. The van der Waals surface area contributed by atoms with E-state index in [0.717, 1.165) is 11.3 Å². The van der Waals surface area contributed by atoms with Gasteiger partial charge >= 0.3 is 0 Å². The molecule has 2 amide bonds. The van der Waals surface area contributed by atoms with Crippen molar-refractivity contribution in [3.05, 3.63) is 22.7 Å². The first-order valence-electron chi connectivity index (χ1n) is 6.09. The molecule has 1 atom stereocenters. The second-order valence-electron chi connectivity index (χ2n) is 4.66. The Morgan fingerprint density at radius 1 is 1.53 bits per heavy atom. The second kappa shape index (κ2) is 5.59. The largest absolute Gasteiger partial charge is 0.325 e. The predicted molar refractivity (Wildman–Crippen MR) is 75.5 cm³/mol. The number of nitrogens with one attached hydrogen (secondary N) is 3. The quantitative estimate of drug-likeness (QED) is 0.786. The fourth-order valence-corrected chi connectivity index (χ4v) is 2.21. The first kappa shape index (κ1) is 13.8. The summed E-state index contributed by atoms with van der Waals surface area (Å²) < 4.78 is 0. The molecule has 19 heavy (non-hydrogen) atoms. The molecule has 1 unspecified atom stereocenters. The molecular weight excluding hydrogens is 266 g/mol. The molecule has 0 saturated carbocycles. The fraction of sp³-hybridized carbons (Fsp3) is 0.385. The molecule has 1 aromatic carbocycles. The van der Waals surface area contributed by atoms with Crippen LogP contribution < -0.4 is 16.0 Å². The first-order valence-corrected chi connectivity index (χ1v) is 6.46. The number of hydrogen-bond donors (Lipinski definition) is 3. The van der Waals surface area contributed by atoms with E-state index in [9.17, 15) is 9.59 Å². The van der Waals surface area contributed by atoms with Gasteiger partial charge in [0.25, 0.3) is 0 Å². The Balaban J connectivity index is 2.16. The van der Waals surface area contributed by atoms with Gasteiger partial charge in [0.2, 0.25) is 11.8 Å². The van der Waals surface area contributed by atoms with Crippen LogP contribution in [0.4, 0.5) is 11.4 Å². The SMILES string of the molecule is CNCC(C)C(=O)Nc1cc2c(cc1Cl)NC(=O)C2. The highest BCUT2D eigenvalue weighted by molar-refractivity contribution is 6.34. The van der Waals surface area contributed by atoms with E-state index in [1.165, 1.54) is 0 Å². The Bertz CT molecular complexity index is 531. The monoisotopic (exact) mass is 281 g/mol. The van der Waals surface area contributed by atoms with E-state index >= 15 is 0 Å². The molecule has 0 radical (unpaired) electrons. The molecule has 0 bridgehead atoms. The summed E-state index contributed by atoms with van der Waals surface area (Å²) in [6.45, 7) is 2.42. The Hall–Kier alpha value is -1.59. The molecule has 0 aromatic heterocycles. The maximum atomic E-state index is 11.9. The van der Waals surface area contributed by atoms with Gasteiger partial charge in [0.15, 0.2) is 0 Å². The average molecular weight is 282 g/mol. The smallest absolute Gasteiger partial charge is 0.228 e. The van der Waals surface area contributed by atoms with Crippen molar-refractivity contribution in [3.63, 3.8) is 0 Å². The van der Waals surface area contributed by atoms with Crippen LogP contribution in [0.2, 0.25) is 5.02 Å². The van der Waals surface area contributed by atoms with Gasteiger partial charge in [0, 0.05) is 18.2 Å². The summed E-state index contributed by atoms with van der Waals surface area (Å²) in [5, 5.41) is 8.88. The lowest BCUT2D eigenvalue weighted by molar-refractivity contribution is -0.119. The minimum absolute atomic E-state index is 0.0573. The normalized spacial score (nSPS) is 14.8. The van der Waals surface area contributed by atoms with E-state index in [2.05, 4.69) is 16.0 Å². The van der Waals surface area contributed by atoms with Gasteiger partial charge in [-0.2, -0.15) is 0 Å². The van der Waals surface area contributed by atoms with Crippen LogP contribution in [-0.2, 0) is 16.0 Å². The van der Waals surface area contributed by atoms with Gasteiger partial charge in [-0.05, 0) is 24.7 Å². The first-order chi connectivity index (χ1) is 9.01. The van der Waals surface area contributed by atoms with E-state index in [1.54, 1.807) is 19.2 Å². The van der Waals surface area contributed by atoms with Crippen LogP contribution in [0.1, 0.15) is 12.5 Å². The van der Waals surface area contributed by atoms with Gasteiger partial charge in [0.05, 0.1) is 17.1 Å². The molecule has 1 aliphatic heterocycles. The van der Waals surface area contributed by atoms with Crippen molar-refractivity contribution >= 4 is 34.8 Å². The Morgan fingerprint density at radius 2 is 2.26 bits per heavy atom. The van der Waals surface area contributed by atoms with Crippen molar-refractivity contribution in [2.45, 2.75) is 13.3 Å². The van der Waals surface area contributed by atoms with Gasteiger partial charge in [-0.1, -0.05) is 18.5 Å². The van der Waals surface area contributed by atoms with Crippen molar-refractivity contribution < 1.29 is 9.59 Å². The molecule has 0 spiro atoms. The zero-order chi connectivity index (χ0) is 14.0. The van der Waals surface area contributed by atoms with E-state index in [1.807, 2.05) is 6.92 Å². The number of halogens is 1. The van der Waals surface area contributed by atoms with Gasteiger partial charge in [-0.25, -0.2) is 0 Å². The molecule has 1 aromatic rings. The third-order valence-electron chi connectivity index (χ3n) is 3.03. The summed E-state index contributed by atoms with van der Waals surface area (Å²) in [5.41, 5.74) is 2.12. The number of amides is 2. The third kappa shape index (κ3) is 3.05. The van der Waals surface area contributed by atoms with Crippen LogP contribution in [0.3, 0.4) is 0 Å². The lowest BCUT2D eigenvalue weighted by Crippen LogP contribution is -2.28. The maximum absolute atomic E-state index is 11.9. The third-order valence-corrected chi connectivity index (χ3v) is 3.35. The van der Waals surface area contributed by atoms with Crippen LogP contribution in [0.15, 0.2) is 12.1 Å². The van der Waals surface area contributed by atoms with Crippen molar-refractivity contribution in [1.82, 2.24) is 5.32 Å². The average Bonchev–Trinajstić information content (AvgIpc) is 2.69. The Kier molecular flexibility index (Phi) is 4.07. The fourth-order valence-electron chi connectivity index (χ4n) is 2.00. The van der Waals surface area contributed by atoms with Crippen LogP contribution in [0, 0.1) is 5.92 Å². The van der Waals surface area contributed by atoms with Crippen molar-refractivity contribution in [2.75, 3.05) is 24.2 Å². The molecule has 102 valence electrons. The maximum Gasteiger partial charge on any atom is 0.228 e. The van der Waals surface area contributed by atoms with E-state index in [-0.39, 0.29) is 17.7 Å². The minimum Gasteiger partial charge on any atom is -0.325 e. The number of rotatable bonds is 4. The Morgan fingerprint density at radius 3 is 2.95 bits per heavy atom. The molecule has 3 N–H and O–H groups in total. The summed E-state index contributed by atoms with van der Waals surface area (Å²) in [5.74, 6) is -0.319. The molecular formula is C13H16ClN3O2. The zero-order valence-corrected chi connectivity index (χ0v) is 11.6. The van der Waals surface area contributed by atoms with Crippen molar-refractivity contribution in [3.8, 4) is 0 Å². The number of carbonyl (C=O) groups is 2. The number of anilines is 2. The van der Waals surface area contributed by atoms with Gasteiger partial charge in [-0.15, -0.1) is 0 Å². The summed E-state index contributed by atoms with van der Waals surface area (Å²) in [6.07, 6.45) is 0.321. The molecule has 0 aliphatic carbocycles. The van der Waals surface area contributed by atoms with E-state index in [4.69, 9.17) is 11.6 Å². The van der Waals surface area contributed by atoms with Crippen LogP contribution >= 0.6 is 11.6 Å². The van der Waals surface area contributed by atoms with Gasteiger partial charge in [0.1, 0.15) is 0 Å². The highest BCUT2D eigenvalue weighted by Gasteiger charge is 2.21. The zero-order valence-electron chi connectivity index (χ0n) is 10.8. The van der Waals surface area contributed by atoms with Crippen LogP contribution in [0.25, 0.3) is 0 Å². The van der Waals surface area contributed by atoms with E-state index < -0.39 is 0 Å². The molecule has 2 rings (SSSR count). The highest BCUT2D eigenvalue weighted by atomic mass is 35.5. The summed E-state index contributed by atoms with van der Waals surface area (Å²) in [4.78, 5) is 23.2. The number of carbonyl (C=O) groups excluding carboxylic acids is 2. The van der Waals surface area contributed by atoms with Crippen molar-refractivity contribution in [1.29, 1.82) is 0 Å². The molecule has 0 fully saturated rings.